The van der Waals surface area contributed by atoms with E-state index in [2.05, 4.69) is 0 Å². The highest BCUT2D eigenvalue weighted by Crippen LogP contribution is 2.30. The summed E-state index contributed by atoms with van der Waals surface area (Å²) in [7, 11) is 0. The molecule has 0 aliphatic carbocycles. The van der Waals surface area contributed by atoms with Gasteiger partial charge < -0.3 is 9.80 Å². The summed E-state index contributed by atoms with van der Waals surface area (Å²) in [6.07, 6.45) is 1.07. The molecule has 0 N–H and O–H groups in total. The largest absolute Gasteiger partial charge is 0.416 e. The number of likely N-dealkylation sites (tertiary alicyclic amines) is 2. The van der Waals surface area contributed by atoms with Crippen LogP contribution in [0.1, 0.15) is 54.4 Å². The monoisotopic (exact) mass is 382 g/mol. The number of benzene rings is 1. The summed E-state index contributed by atoms with van der Waals surface area (Å²) in [5, 5.41) is 0. The van der Waals surface area contributed by atoms with Crippen LogP contribution in [0, 0.1) is 5.92 Å². The molecular formula is C20H25F3N2O2. The minimum absolute atomic E-state index is 0.0436. The summed E-state index contributed by atoms with van der Waals surface area (Å²) >= 11 is 0. The van der Waals surface area contributed by atoms with E-state index < -0.39 is 17.6 Å². The number of amides is 2. The fourth-order valence-corrected chi connectivity index (χ4v) is 3.89. The first-order valence-electron chi connectivity index (χ1n) is 9.61. The van der Waals surface area contributed by atoms with E-state index in [-0.39, 0.29) is 17.4 Å². The number of hydrogen-bond acceptors (Lipinski definition) is 2. The number of carbonyl (C=O) groups excluding carboxylic acids is 2. The van der Waals surface area contributed by atoms with Crippen molar-refractivity contribution in [3.63, 3.8) is 0 Å². The Morgan fingerprint density at radius 3 is 2.11 bits per heavy atom. The van der Waals surface area contributed by atoms with E-state index in [1.165, 1.54) is 12.1 Å². The molecular weight excluding hydrogens is 357 g/mol. The molecule has 148 valence electrons. The highest BCUT2D eigenvalue weighted by Gasteiger charge is 2.33. The van der Waals surface area contributed by atoms with Crippen molar-refractivity contribution in [1.82, 2.24) is 9.80 Å². The van der Waals surface area contributed by atoms with Crippen LogP contribution in [0.5, 0.6) is 0 Å². The first kappa shape index (κ1) is 19.7. The highest BCUT2D eigenvalue weighted by atomic mass is 19.4. The Morgan fingerprint density at radius 1 is 0.889 bits per heavy atom. The second-order valence-electron chi connectivity index (χ2n) is 7.38. The molecule has 0 spiro atoms. The van der Waals surface area contributed by atoms with Gasteiger partial charge in [0.1, 0.15) is 0 Å². The minimum Gasteiger partial charge on any atom is -0.342 e. The molecule has 2 fully saturated rings. The van der Waals surface area contributed by atoms with Gasteiger partial charge in [0.15, 0.2) is 0 Å². The maximum absolute atomic E-state index is 12.9. The first-order chi connectivity index (χ1) is 12.9. The minimum atomic E-state index is -4.47. The van der Waals surface area contributed by atoms with Crippen molar-refractivity contribution in [3.05, 3.63) is 35.4 Å². The number of halogens is 3. The fourth-order valence-electron chi connectivity index (χ4n) is 3.89. The van der Waals surface area contributed by atoms with Crippen LogP contribution < -0.4 is 0 Å². The molecule has 2 aliphatic rings. The number of alkyl halides is 3. The Bertz CT molecular complexity index is 674. The van der Waals surface area contributed by atoms with E-state index in [0.29, 0.717) is 25.9 Å². The molecule has 3 rings (SSSR count). The molecule has 7 heteroatoms. The summed E-state index contributed by atoms with van der Waals surface area (Å²) in [4.78, 5) is 28.8. The summed E-state index contributed by atoms with van der Waals surface area (Å²) in [5.41, 5.74) is -0.776. The average molecular weight is 382 g/mol. The zero-order valence-corrected chi connectivity index (χ0v) is 15.3. The summed E-state index contributed by atoms with van der Waals surface area (Å²) in [5.74, 6) is -0.321. The lowest BCUT2D eigenvalue weighted by atomic mass is 9.94. The highest BCUT2D eigenvalue weighted by molar-refractivity contribution is 5.94. The second-order valence-corrected chi connectivity index (χ2v) is 7.38. The third-order valence-electron chi connectivity index (χ3n) is 5.49. The number of piperidine rings is 1. The van der Waals surface area contributed by atoms with E-state index in [4.69, 9.17) is 0 Å². The van der Waals surface area contributed by atoms with Crippen LogP contribution >= 0.6 is 0 Å². The number of carbonyl (C=O) groups is 2. The molecule has 0 bridgehead atoms. The van der Waals surface area contributed by atoms with Crippen LogP contribution in [-0.4, -0.2) is 47.8 Å². The molecule has 2 heterocycles. The van der Waals surface area contributed by atoms with Crippen molar-refractivity contribution in [3.8, 4) is 0 Å². The van der Waals surface area contributed by atoms with Crippen LogP contribution in [-0.2, 0) is 11.0 Å². The van der Waals surface area contributed by atoms with E-state index in [0.717, 1.165) is 50.9 Å². The van der Waals surface area contributed by atoms with E-state index in [1.54, 1.807) is 4.90 Å². The van der Waals surface area contributed by atoms with Crippen molar-refractivity contribution < 1.29 is 22.8 Å². The molecule has 0 radical (unpaired) electrons. The van der Waals surface area contributed by atoms with Crippen molar-refractivity contribution in [1.29, 1.82) is 0 Å². The van der Waals surface area contributed by atoms with Crippen LogP contribution in [0.15, 0.2) is 24.3 Å². The lowest BCUT2D eigenvalue weighted by Gasteiger charge is -2.34. The molecule has 1 aromatic rings. The van der Waals surface area contributed by atoms with Crippen LogP contribution in [0.4, 0.5) is 13.2 Å². The standard InChI is InChI=1S/C20H25F3N2O2/c21-20(22,23)17-7-5-6-16(14-17)19(27)25-12-8-15(9-13-25)18(26)24-10-3-1-2-4-11-24/h5-7,14-15H,1-4,8-13H2. The van der Waals surface area contributed by atoms with Gasteiger partial charge in [-0.1, -0.05) is 18.9 Å². The zero-order valence-electron chi connectivity index (χ0n) is 15.3. The van der Waals surface area contributed by atoms with Crippen LogP contribution in [0.3, 0.4) is 0 Å². The predicted molar refractivity (Wildman–Crippen MR) is 95.1 cm³/mol. The van der Waals surface area contributed by atoms with Crippen LogP contribution in [0.25, 0.3) is 0 Å². The summed E-state index contributed by atoms with van der Waals surface area (Å²) in [6, 6.07) is 4.53. The van der Waals surface area contributed by atoms with Gasteiger partial charge in [-0.15, -0.1) is 0 Å². The molecule has 0 unspecified atom stereocenters. The quantitative estimate of drug-likeness (QED) is 0.777. The first-order valence-corrected chi connectivity index (χ1v) is 9.61. The number of hydrogen-bond donors (Lipinski definition) is 0. The predicted octanol–water partition coefficient (Wildman–Crippen LogP) is 3.96. The topological polar surface area (TPSA) is 40.6 Å². The maximum Gasteiger partial charge on any atom is 0.416 e. The van der Waals surface area contributed by atoms with Gasteiger partial charge in [-0.05, 0) is 43.9 Å². The van der Waals surface area contributed by atoms with Crippen LogP contribution in [0.2, 0.25) is 0 Å². The van der Waals surface area contributed by atoms with E-state index in [9.17, 15) is 22.8 Å². The lowest BCUT2D eigenvalue weighted by molar-refractivity contribution is -0.138. The van der Waals surface area contributed by atoms with Gasteiger partial charge in [0.25, 0.3) is 5.91 Å². The Labute approximate surface area is 157 Å². The lowest BCUT2D eigenvalue weighted by Crippen LogP contribution is -2.44. The molecule has 1 aromatic carbocycles. The molecule has 27 heavy (non-hydrogen) atoms. The third kappa shape index (κ3) is 4.82. The van der Waals surface area contributed by atoms with Crippen molar-refractivity contribution >= 4 is 11.8 Å². The molecule has 2 saturated heterocycles. The smallest absolute Gasteiger partial charge is 0.342 e. The third-order valence-corrected chi connectivity index (χ3v) is 5.49. The zero-order chi connectivity index (χ0) is 19.4. The van der Waals surface area contributed by atoms with Gasteiger partial charge in [0.2, 0.25) is 5.91 Å². The van der Waals surface area contributed by atoms with Crippen molar-refractivity contribution in [2.75, 3.05) is 26.2 Å². The molecule has 2 aliphatic heterocycles. The van der Waals surface area contributed by atoms with Crippen molar-refractivity contribution in [2.24, 2.45) is 5.92 Å². The van der Waals surface area contributed by atoms with Gasteiger partial charge in [-0.25, -0.2) is 0 Å². The second kappa shape index (κ2) is 8.31. The molecule has 0 atom stereocenters. The maximum atomic E-state index is 12.9. The van der Waals surface area contributed by atoms with Gasteiger partial charge in [-0.3, -0.25) is 9.59 Å². The SMILES string of the molecule is O=C(c1cccc(C(F)(F)F)c1)N1CCC(C(=O)N2CCCCCC2)CC1. The molecule has 0 saturated carbocycles. The van der Waals surface area contributed by atoms with Gasteiger partial charge in [0, 0.05) is 37.7 Å². The van der Waals surface area contributed by atoms with E-state index in [1.807, 2.05) is 4.90 Å². The summed E-state index contributed by atoms with van der Waals surface area (Å²) in [6.45, 7) is 2.42. The molecule has 2 amide bonds. The van der Waals surface area contributed by atoms with E-state index >= 15 is 0 Å². The normalized spacial score (nSPS) is 19.7. The fraction of sp³-hybridized carbons (Fsp3) is 0.600. The Balaban J connectivity index is 1.58. The van der Waals surface area contributed by atoms with Crippen molar-refractivity contribution in [2.45, 2.75) is 44.7 Å². The number of rotatable bonds is 2. The molecule has 4 nitrogen and oxygen atoms in total. The van der Waals surface area contributed by atoms with Gasteiger partial charge in [-0.2, -0.15) is 13.2 Å². The Hall–Kier alpha value is -2.05. The molecule has 0 aromatic heterocycles. The summed E-state index contributed by atoms with van der Waals surface area (Å²) < 4.78 is 38.6. The average Bonchev–Trinajstić information content (AvgIpc) is 2.96. The number of nitrogens with zero attached hydrogens (tertiary/aromatic N) is 2. The Morgan fingerprint density at radius 2 is 1.52 bits per heavy atom. The van der Waals surface area contributed by atoms with Gasteiger partial charge >= 0.3 is 6.18 Å². The van der Waals surface area contributed by atoms with Gasteiger partial charge in [0.05, 0.1) is 5.56 Å². The Kier molecular flexibility index (Phi) is 6.07.